The summed E-state index contributed by atoms with van der Waals surface area (Å²) in [6, 6.07) is 65.6. The fourth-order valence-electron chi connectivity index (χ4n) is 7.39. The third kappa shape index (κ3) is 5.51. The van der Waals surface area contributed by atoms with Gasteiger partial charge in [0.1, 0.15) is 0 Å². The second kappa shape index (κ2) is 12.9. The second-order valence-corrected chi connectivity index (χ2v) is 12.9. The Balaban J connectivity index is 1.09. The third-order valence-electron chi connectivity index (χ3n) is 9.89. The fraction of sp³-hybridized carbons (Fsp3) is 0.0417. The van der Waals surface area contributed by atoms with Crippen LogP contribution in [0.15, 0.2) is 188 Å². The molecule has 1 aliphatic rings. The van der Waals surface area contributed by atoms with Crippen molar-refractivity contribution >= 4 is 34.0 Å². The molecule has 0 N–H and O–H groups in total. The number of aryl methyl sites for hydroxylation is 1. The van der Waals surface area contributed by atoms with Crippen LogP contribution in [0.1, 0.15) is 17.7 Å². The number of nitrogens with zero attached hydrogens (tertiary/aromatic N) is 2. The summed E-state index contributed by atoms with van der Waals surface area (Å²) in [4.78, 5) is 2.35. The molecule has 0 aliphatic heterocycles. The molecule has 0 fully saturated rings. The van der Waals surface area contributed by atoms with E-state index in [2.05, 4.69) is 204 Å². The maximum Gasteiger partial charge on any atom is 0.0538 e. The topological polar surface area (TPSA) is 8.17 Å². The fourth-order valence-corrected chi connectivity index (χ4v) is 7.39. The van der Waals surface area contributed by atoms with Gasteiger partial charge in [-0.2, -0.15) is 0 Å². The lowest BCUT2D eigenvalue weighted by Crippen LogP contribution is -2.09. The van der Waals surface area contributed by atoms with Crippen molar-refractivity contribution in [2.45, 2.75) is 12.8 Å². The van der Waals surface area contributed by atoms with Crippen molar-refractivity contribution < 1.29 is 0 Å². The summed E-state index contributed by atoms with van der Waals surface area (Å²) in [5.41, 5.74) is 15.9. The number of aromatic nitrogens is 1. The summed E-state index contributed by atoms with van der Waals surface area (Å²) in [6.45, 7) is 0. The summed E-state index contributed by atoms with van der Waals surface area (Å²) in [6.07, 6.45) is 6.74. The number of rotatable bonds is 7. The zero-order chi connectivity index (χ0) is 33.3. The number of allylic oxidation sites excluding steroid dienone is 1. The first-order valence-corrected chi connectivity index (χ1v) is 17.4. The molecule has 0 bridgehead atoms. The van der Waals surface area contributed by atoms with Gasteiger partial charge in [-0.05, 0) is 119 Å². The molecule has 0 spiro atoms. The van der Waals surface area contributed by atoms with E-state index in [0.29, 0.717) is 0 Å². The lowest BCUT2D eigenvalue weighted by atomic mass is 9.97. The standard InChI is InChI=1S/C48H36N2/c1-4-12-35(13-5-1)37-20-27-42(28-21-37)49(43-29-22-38(23-30-43)36-14-6-2-7-15-36)44-31-24-39(25-32-44)40-26-33-48-46(34-40)45-18-10-11-19-47(45)50(48)41-16-8-3-9-17-41/h1-9,11-17,19-34H,10,18H2. The van der Waals surface area contributed by atoms with Gasteiger partial charge in [0.05, 0.1) is 5.52 Å². The number of fused-ring (bicyclic) bond motifs is 3. The zero-order valence-corrected chi connectivity index (χ0v) is 27.8. The highest BCUT2D eigenvalue weighted by Crippen LogP contribution is 2.39. The maximum atomic E-state index is 2.41. The predicted octanol–water partition coefficient (Wildman–Crippen LogP) is 13.1. The van der Waals surface area contributed by atoms with Gasteiger partial charge < -0.3 is 9.47 Å². The number of benzene rings is 7. The molecular weight excluding hydrogens is 605 g/mol. The molecule has 2 heteroatoms. The van der Waals surface area contributed by atoms with Crippen LogP contribution in [0.3, 0.4) is 0 Å². The quantitative estimate of drug-likeness (QED) is 0.168. The van der Waals surface area contributed by atoms with E-state index in [1.54, 1.807) is 0 Å². The minimum absolute atomic E-state index is 1.06. The summed E-state index contributed by atoms with van der Waals surface area (Å²) in [7, 11) is 0. The van der Waals surface area contributed by atoms with Gasteiger partial charge in [0.2, 0.25) is 0 Å². The van der Waals surface area contributed by atoms with E-state index in [-0.39, 0.29) is 0 Å². The molecule has 1 aromatic heterocycles. The summed E-state index contributed by atoms with van der Waals surface area (Å²) >= 11 is 0. The summed E-state index contributed by atoms with van der Waals surface area (Å²) < 4.78 is 2.41. The molecule has 8 aromatic rings. The number of anilines is 3. The average Bonchev–Trinajstić information content (AvgIpc) is 3.53. The predicted molar refractivity (Wildman–Crippen MR) is 212 cm³/mol. The molecule has 50 heavy (non-hydrogen) atoms. The number of hydrogen-bond donors (Lipinski definition) is 0. The Morgan fingerprint density at radius 3 is 1.38 bits per heavy atom. The first-order valence-electron chi connectivity index (χ1n) is 17.4. The van der Waals surface area contributed by atoms with Crippen molar-refractivity contribution in [2.24, 2.45) is 0 Å². The number of hydrogen-bond acceptors (Lipinski definition) is 1. The van der Waals surface area contributed by atoms with E-state index in [1.807, 2.05) is 0 Å². The van der Waals surface area contributed by atoms with Gasteiger partial charge in [-0.3, -0.25) is 0 Å². The van der Waals surface area contributed by atoms with Crippen molar-refractivity contribution in [1.82, 2.24) is 4.57 Å². The van der Waals surface area contributed by atoms with Crippen LogP contribution >= 0.6 is 0 Å². The minimum Gasteiger partial charge on any atom is -0.311 e. The Morgan fingerprint density at radius 2 is 0.860 bits per heavy atom. The van der Waals surface area contributed by atoms with Crippen LogP contribution in [-0.4, -0.2) is 4.57 Å². The van der Waals surface area contributed by atoms with Crippen molar-refractivity contribution in [3.05, 3.63) is 199 Å². The van der Waals surface area contributed by atoms with Crippen LogP contribution < -0.4 is 4.90 Å². The van der Waals surface area contributed by atoms with E-state index in [9.17, 15) is 0 Å². The smallest absolute Gasteiger partial charge is 0.0538 e. The van der Waals surface area contributed by atoms with Gasteiger partial charge >= 0.3 is 0 Å². The van der Waals surface area contributed by atoms with Gasteiger partial charge in [0.15, 0.2) is 0 Å². The normalized spacial score (nSPS) is 12.2. The molecule has 0 saturated heterocycles. The molecule has 0 atom stereocenters. The van der Waals surface area contributed by atoms with E-state index < -0.39 is 0 Å². The Morgan fingerprint density at radius 1 is 0.420 bits per heavy atom. The average molecular weight is 641 g/mol. The highest BCUT2D eigenvalue weighted by atomic mass is 15.1. The molecule has 0 amide bonds. The van der Waals surface area contributed by atoms with Gasteiger partial charge in [-0.1, -0.05) is 127 Å². The zero-order valence-electron chi connectivity index (χ0n) is 27.8. The molecule has 9 rings (SSSR count). The second-order valence-electron chi connectivity index (χ2n) is 12.9. The molecule has 238 valence electrons. The van der Waals surface area contributed by atoms with Gasteiger partial charge in [-0.25, -0.2) is 0 Å². The molecule has 1 aliphatic carbocycles. The lowest BCUT2D eigenvalue weighted by Gasteiger charge is -2.26. The van der Waals surface area contributed by atoms with Gasteiger partial charge in [0, 0.05) is 33.8 Å². The van der Waals surface area contributed by atoms with Crippen LogP contribution in [0, 0.1) is 0 Å². The minimum atomic E-state index is 1.06. The van der Waals surface area contributed by atoms with Crippen molar-refractivity contribution in [1.29, 1.82) is 0 Å². The van der Waals surface area contributed by atoms with Crippen molar-refractivity contribution in [3.8, 4) is 39.1 Å². The SMILES string of the molecule is C1=Cc2c(c3cc(-c4ccc(N(c5ccc(-c6ccccc6)cc5)c5ccc(-c6ccccc6)cc5)cc4)ccc3n2-c2ccccc2)CC1. The van der Waals surface area contributed by atoms with E-state index in [4.69, 9.17) is 0 Å². The maximum absolute atomic E-state index is 2.41. The monoisotopic (exact) mass is 640 g/mol. The Labute approximate surface area is 293 Å². The van der Waals surface area contributed by atoms with Crippen LogP contribution in [0.25, 0.3) is 56.0 Å². The first-order chi connectivity index (χ1) is 24.8. The number of para-hydroxylation sites is 1. The largest absolute Gasteiger partial charge is 0.311 e. The molecule has 0 radical (unpaired) electrons. The van der Waals surface area contributed by atoms with Crippen molar-refractivity contribution in [3.63, 3.8) is 0 Å². The van der Waals surface area contributed by atoms with Gasteiger partial charge in [-0.15, -0.1) is 0 Å². The molecular formula is C48H36N2. The molecule has 0 unspecified atom stereocenters. The molecule has 7 aromatic carbocycles. The summed E-state index contributed by atoms with van der Waals surface area (Å²) in [5.74, 6) is 0. The highest BCUT2D eigenvalue weighted by Gasteiger charge is 2.19. The molecule has 0 saturated carbocycles. The van der Waals surface area contributed by atoms with Crippen LogP contribution in [0.5, 0.6) is 0 Å². The first kappa shape index (κ1) is 29.7. The van der Waals surface area contributed by atoms with E-state index in [1.165, 1.54) is 61.2 Å². The Kier molecular flexibility index (Phi) is 7.68. The van der Waals surface area contributed by atoms with Gasteiger partial charge in [0.25, 0.3) is 0 Å². The third-order valence-corrected chi connectivity index (χ3v) is 9.89. The Bertz CT molecular complexity index is 2340. The molecule has 1 heterocycles. The van der Waals surface area contributed by atoms with E-state index in [0.717, 1.165) is 29.9 Å². The van der Waals surface area contributed by atoms with Crippen molar-refractivity contribution in [2.75, 3.05) is 4.90 Å². The highest BCUT2D eigenvalue weighted by molar-refractivity contribution is 5.94. The van der Waals surface area contributed by atoms with Crippen LogP contribution in [0.2, 0.25) is 0 Å². The molecule has 2 nitrogen and oxygen atoms in total. The lowest BCUT2D eigenvalue weighted by molar-refractivity contribution is 0.967. The van der Waals surface area contributed by atoms with E-state index >= 15 is 0 Å². The van der Waals surface area contributed by atoms with Crippen LogP contribution in [0.4, 0.5) is 17.1 Å². The summed E-state index contributed by atoms with van der Waals surface area (Å²) in [5, 5.41) is 1.34. The Hall–Kier alpha value is -6.38. The van der Waals surface area contributed by atoms with Crippen LogP contribution in [-0.2, 0) is 6.42 Å².